The first kappa shape index (κ1) is 15.6. The standard InChI is InChI=1S/C5H12O3.C4H6O2/c1-7-4-5-8-3-2-6;1-2-3-4(5)6/h6H,2-5H2,1H3;2-3H,1H3,(H,5,6). The molecule has 84 valence electrons. The molecule has 14 heavy (non-hydrogen) atoms. The number of methoxy groups -OCH3 is 1. The average molecular weight is 206 g/mol. The van der Waals surface area contributed by atoms with Crippen molar-refractivity contribution in [2.45, 2.75) is 6.92 Å². The minimum absolute atomic E-state index is 0.0870. The number of carbonyl (C=O) groups is 1. The minimum Gasteiger partial charge on any atom is -0.478 e. The van der Waals surface area contributed by atoms with E-state index in [1.165, 1.54) is 6.08 Å². The molecule has 0 saturated carbocycles. The lowest BCUT2D eigenvalue weighted by molar-refractivity contribution is -0.131. The molecule has 0 bridgehead atoms. The molecule has 0 aromatic heterocycles. The summed E-state index contributed by atoms with van der Waals surface area (Å²) in [5, 5.41) is 16.0. The second-order valence-corrected chi connectivity index (χ2v) is 2.17. The van der Waals surface area contributed by atoms with E-state index in [1.807, 2.05) is 0 Å². The smallest absolute Gasteiger partial charge is 0.327 e. The predicted octanol–water partition coefficient (Wildman–Crippen LogP) is 0.289. The van der Waals surface area contributed by atoms with Gasteiger partial charge in [-0.25, -0.2) is 4.79 Å². The molecule has 2 N–H and O–H groups in total. The van der Waals surface area contributed by atoms with Crippen LogP contribution in [0.25, 0.3) is 0 Å². The summed E-state index contributed by atoms with van der Waals surface area (Å²) in [6.45, 7) is 3.32. The molecule has 0 radical (unpaired) electrons. The lowest BCUT2D eigenvalue weighted by Gasteiger charge is -1.98. The maximum absolute atomic E-state index is 9.51. The van der Waals surface area contributed by atoms with Crippen LogP contribution in [0.15, 0.2) is 12.2 Å². The van der Waals surface area contributed by atoms with Crippen molar-refractivity contribution in [2.24, 2.45) is 0 Å². The molecule has 0 aromatic rings. The molecule has 0 aliphatic rings. The zero-order valence-corrected chi connectivity index (χ0v) is 8.60. The Labute approximate surface area is 84.0 Å². The minimum atomic E-state index is -0.891. The van der Waals surface area contributed by atoms with E-state index < -0.39 is 5.97 Å². The molecule has 0 saturated heterocycles. The fourth-order valence-electron chi connectivity index (χ4n) is 0.451. The summed E-state index contributed by atoms with van der Waals surface area (Å²) >= 11 is 0. The van der Waals surface area contributed by atoms with Crippen LogP contribution in [-0.2, 0) is 14.3 Å². The molecule has 0 spiro atoms. The van der Waals surface area contributed by atoms with Gasteiger partial charge in [-0.05, 0) is 6.92 Å². The van der Waals surface area contributed by atoms with E-state index in [9.17, 15) is 4.79 Å². The van der Waals surface area contributed by atoms with Gasteiger partial charge in [0.05, 0.1) is 26.4 Å². The number of hydrogen-bond donors (Lipinski definition) is 2. The molecule has 0 amide bonds. The van der Waals surface area contributed by atoms with Crippen LogP contribution in [0, 0.1) is 0 Å². The zero-order valence-electron chi connectivity index (χ0n) is 8.60. The van der Waals surface area contributed by atoms with Crippen LogP contribution >= 0.6 is 0 Å². The molecule has 0 aliphatic carbocycles. The highest BCUT2D eigenvalue weighted by Crippen LogP contribution is 1.72. The molecule has 0 aliphatic heterocycles. The van der Waals surface area contributed by atoms with Gasteiger partial charge in [-0.2, -0.15) is 0 Å². The molecule has 5 nitrogen and oxygen atoms in total. The van der Waals surface area contributed by atoms with Crippen LogP contribution in [0.4, 0.5) is 0 Å². The second kappa shape index (κ2) is 14.6. The van der Waals surface area contributed by atoms with Crippen LogP contribution in [0.5, 0.6) is 0 Å². The molecule has 0 fully saturated rings. The maximum atomic E-state index is 9.51. The number of rotatable bonds is 6. The van der Waals surface area contributed by atoms with E-state index in [-0.39, 0.29) is 6.61 Å². The monoisotopic (exact) mass is 206 g/mol. The van der Waals surface area contributed by atoms with Crippen LogP contribution in [0.3, 0.4) is 0 Å². The average Bonchev–Trinajstić information content (AvgIpc) is 2.13. The molecule has 0 aromatic carbocycles. The van der Waals surface area contributed by atoms with Crippen molar-refractivity contribution >= 4 is 5.97 Å². The highest BCUT2D eigenvalue weighted by Gasteiger charge is 1.82. The summed E-state index contributed by atoms with van der Waals surface area (Å²) < 4.78 is 9.53. The molecular formula is C9H18O5. The maximum Gasteiger partial charge on any atom is 0.327 e. The van der Waals surface area contributed by atoms with E-state index in [4.69, 9.17) is 14.9 Å². The van der Waals surface area contributed by atoms with Gasteiger partial charge in [0, 0.05) is 13.2 Å². The van der Waals surface area contributed by atoms with Crippen molar-refractivity contribution in [2.75, 3.05) is 33.5 Å². The highest BCUT2D eigenvalue weighted by molar-refractivity contribution is 5.79. The van der Waals surface area contributed by atoms with Crippen molar-refractivity contribution in [1.82, 2.24) is 0 Å². The van der Waals surface area contributed by atoms with E-state index in [0.29, 0.717) is 19.8 Å². The van der Waals surface area contributed by atoms with Gasteiger partial charge in [0.2, 0.25) is 0 Å². The third-order valence-electron chi connectivity index (χ3n) is 0.977. The summed E-state index contributed by atoms with van der Waals surface area (Å²) in [5.74, 6) is -0.891. The molecule has 5 heteroatoms. The Bertz CT molecular complexity index is 138. The molecular weight excluding hydrogens is 188 g/mol. The Hall–Kier alpha value is -0.910. The number of allylic oxidation sites excluding steroid dienone is 1. The summed E-state index contributed by atoms with van der Waals surface area (Å²) in [6.07, 6.45) is 2.56. The summed E-state index contributed by atoms with van der Waals surface area (Å²) in [6, 6.07) is 0. The Balaban J connectivity index is 0. The van der Waals surface area contributed by atoms with Crippen LogP contribution in [-0.4, -0.2) is 49.7 Å². The van der Waals surface area contributed by atoms with Crippen LogP contribution < -0.4 is 0 Å². The molecule has 0 unspecified atom stereocenters. The van der Waals surface area contributed by atoms with Crippen molar-refractivity contribution in [3.63, 3.8) is 0 Å². The number of aliphatic hydroxyl groups excluding tert-OH is 1. The number of carboxylic acids is 1. The SMILES string of the molecule is CC=CC(=O)O.COCCOCCO. The lowest BCUT2D eigenvalue weighted by atomic mass is 10.5. The van der Waals surface area contributed by atoms with Gasteiger partial charge in [-0.3, -0.25) is 0 Å². The number of aliphatic carboxylic acids is 1. The number of carboxylic acid groups (broad SMARTS) is 1. The van der Waals surface area contributed by atoms with Gasteiger partial charge in [0.1, 0.15) is 0 Å². The fourth-order valence-corrected chi connectivity index (χ4v) is 0.451. The van der Waals surface area contributed by atoms with E-state index in [1.54, 1.807) is 14.0 Å². The Morgan fingerprint density at radius 2 is 2.00 bits per heavy atom. The normalized spacial score (nSPS) is 9.64. The third kappa shape index (κ3) is 22.5. The fraction of sp³-hybridized carbons (Fsp3) is 0.667. The van der Waals surface area contributed by atoms with Crippen LogP contribution in [0.2, 0.25) is 0 Å². The Morgan fingerprint density at radius 1 is 1.36 bits per heavy atom. The largest absolute Gasteiger partial charge is 0.478 e. The van der Waals surface area contributed by atoms with Crippen LogP contribution in [0.1, 0.15) is 6.92 Å². The lowest BCUT2D eigenvalue weighted by Crippen LogP contribution is -2.05. The van der Waals surface area contributed by atoms with Gasteiger partial charge < -0.3 is 19.7 Å². The van der Waals surface area contributed by atoms with Crippen molar-refractivity contribution < 1.29 is 24.5 Å². The second-order valence-electron chi connectivity index (χ2n) is 2.17. The van der Waals surface area contributed by atoms with Gasteiger partial charge in [-0.1, -0.05) is 6.08 Å². The zero-order chi connectivity index (χ0) is 11.2. The summed E-state index contributed by atoms with van der Waals surface area (Å²) in [5.41, 5.74) is 0. The van der Waals surface area contributed by atoms with E-state index in [0.717, 1.165) is 6.08 Å². The molecule has 0 atom stereocenters. The number of ether oxygens (including phenoxy) is 2. The van der Waals surface area contributed by atoms with Crippen molar-refractivity contribution in [3.05, 3.63) is 12.2 Å². The van der Waals surface area contributed by atoms with Gasteiger partial charge in [0.25, 0.3) is 0 Å². The van der Waals surface area contributed by atoms with Gasteiger partial charge >= 0.3 is 5.97 Å². The number of hydrogen-bond acceptors (Lipinski definition) is 4. The van der Waals surface area contributed by atoms with E-state index in [2.05, 4.69) is 4.74 Å². The topological polar surface area (TPSA) is 76.0 Å². The molecule has 0 rings (SSSR count). The van der Waals surface area contributed by atoms with Crippen molar-refractivity contribution in [3.8, 4) is 0 Å². The quantitative estimate of drug-likeness (QED) is 0.482. The summed E-state index contributed by atoms with van der Waals surface area (Å²) in [7, 11) is 1.61. The Morgan fingerprint density at radius 3 is 2.29 bits per heavy atom. The summed E-state index contributed by atoms with van der Waals surface area (Å²) in [4.78, 5) is 9.51. The first-order chi connectivity index (χ1) is 6.68. The Kier molecular flexibility index (Phi) is 16.2. The highest BCUT2D eigenvalue weighted by atomic mass is 16.5. The first-order valence-corrected chi connectivity index (χ1v) is 4.22. The van der Waals surface area contributed by atoms with Gasteiger partial charge in [-0.15, -0.1) is 0 Å². The van der Waals surface area contributed by atoms with Gasteiger partial charge in [0.15, 0.2) is 0 Å². The van der Waals surface area contributed by atoms with Crippen molar-refractivity contribution in [1.29, 1.82) is 0 Å². The molecule has 0 heterocycles. The van der Waals surface area contributed by atoms with E-state index >= 15 is 0 Å². The predicted molar refractivity (Wildman–Crippen MR) is 52.2 cm³/mol. The first-order valence-electron chi connectivity index (χ1n) is 4.22. The third-order valence-corrected chi connectivity index (χ3v) is 0.977. The number of aliphatic hydroxyl groups is 1.